The van der Waals surface area contributed by atoms with Gasteiger partial charge in [0, 0.05) is 39.3 Å². The summed E-state index contributed by atoms with van der Waals surface area (Å²) in [7, 11) is 1.51. The molecule has 2 saturated heterocycles. The number of nitrogens with one attached hydrogen (secondary N) is 2. The van der Waals surface area contributed by atoms with E-state index < -0.39 is 0 Å². The Morgan fingerprint density at radius 1 is 1.33 bits per heavy atom. The van der Waals surface area contributed by atoms with Crippen LogP contribution in [0.3, 0.4) is 0 Å². The molecule has 0 aromatic rings. The smallest absolute Gasteiger partial charge is 0.246 e. The Balaban J connectivity index is 1.70. The molecule has 2 N–H and O–H groups in total. The van der Waals surface area contributed by atoms with Crippen LogP contribution in [0.5, 0.6) is 0 Å². The first-order valence-corrected chi connectivity index (χ1v) is 6.48. The van der Waals surface area contributed by atoms with Gasteiger partial charge >= 0.3 is 0 Å². The SMILES string of the molecule is COCC(=O)NC1CCN(C(=O)C2CNC2)CC1. The number of amides is 2. The summed E-state index contributed by atoms with van der Waals surface area (Å²) in [4.78, 5) is 25.3. The van der Waals surface area contributed by atoms with Gasteiger partial charge in [0.2, 0.25) is 11.8 Å². The maximum absolute atomic E-state index is 12.0. The highest BCUT2D eigenvalue weighted by Gasteiger charge is 2.31. The third-order valence-electron chi connectivity index (χ3n) is 3.58. The third kappa shape index (κ3) is 3.20. The number of methoxy groups -OCH3 is 1. The van der Waals surface area contributed by atoms with Gasteiger partial charge in [0.1, 0.15) is 6.61 Å². The summed E-state index contributed by atoms with van der Waals surface area (Å²) in [6, 6.07) is 0.177. The molecule has 2 heterocycles. The van der Waals surface area contributed by atoms with E-state index in [0.29, 0.717) is 0 Å². The second-order valence-corrected chi connectivity index (χ2v) is 4.96. The predicted molar refractivity (Wildman–Crippen MR) is 66.0 cm³/mol. The highest BCUT2D eigenvalue weighted by Crippen LogP contribution is 2.15. The van der Waals surface area contributed by atoms with Gasteiger partial charge in [-0.2, -0.15) is 0 Å². The zero-order valence-electron chi connectivity index (χ0n) is 10.8. The van der Waals surface area contributed by atoms with Crippen LogP contribution in [0, 0.1) is 5.92 Å². The highest BCUT2D eigenvalue weighted by atomic mass is 16.5. The average molecular weight is 255 g/mol. The van der Waals surface area contributed by atoms with E-state index in [1.807, 2.05) is 4.90 Å². The summed E-state index contributed by atoms with van der Waals surface area (Å²) in [6.07, 6.45) is 1.67. The molecule has 6 nitrogen and oxygen atoms in total. The number of likely N-dealkylation sites (tertiary alicyclic amines) is 1. The molecule has 0 atom stereocenters. The molecule has 0 aromatic carbocycles. The zero-order chi connectivity index (χ0) is 13.0. The number of rotatable bonds is 4. The van der Waals surface area contributed by atoms with Crippen LogP contribution in [-0.4, -0.2) is 62.7 Å². The Kier molecular flexibility index (Phi) is 4.54. The van der Waals surface area contributed by atoms with Crippen molar-refractivity contribution in [1.29, 1.82) is 0 Å². The minimum absolute atomic E-state index is 0.0783. The summed E-state index contributed by atoms with van der Waals surface area (Å²) in [5, 5.41) is 6.03. The summed E-state index contributed by atoms with van der Waals surface area (Å²) >= 11 is 0. The summed E-state index contributed by atoms with van der Waals surface area (Å²) in [5.41, 5.74) is 0. The van der Waals surface area contributed by atoms with Gasteiger partial charge < -0.3 is 20.3 Å². The molecule has 0 aliphatic carbocycles. The number of nitrogens with zero attached hydrogens (tertiary/aromatic N) is 1. The summed E-state index contributed by atoms with van der Waals surface area (Å²) in [6.45, 7) is 3.21. The van der Waals surface area contributed by atoms with E-state index in [1.165, 1.54) is 7.11 Å². The molecular formula is C12H21N3O3. The topological polar surface area (TPSA) is 70.7 Å². The first kappa shape index (κ1) is 13.3. The van der Waals surface area contributed by atoms with Gasteiger partial charge in [0.05, 0.1) is 5.92 Å². The quantitative estimate of drug-likeness (QED) is 0.673. The summed E-state index contributed by atoms with van der Waals surface area (Å²) < 4.78 is 4.77. The van der Waals surface area contributed by atoms with Gasteiger partial charge in [0.25, 0.3) is 0 Å². The Bertz CT molecular complexity index is 310. The Labute approximate surface area is 107 Å². The largest absolute Gasteiger partial charge is 0.375 e. The number of hydrogen-bond acceptors (Lipinski definition) is 4. The van der Waals surface area contributed by atoms with Crippen LogP contribution in [0.15, 0.2) is 0 Å². The predicted octanol–water partition coefficient (Wildman–Crippen LogP) is -1.04. The van der Waals surface area contributed by atoms with E-state index >= 15 is 0 Å². The fraction of sp³-hybridized carbons (Fsp3) is 0.833. The fourth-order valence-corrected chi connectivity index (χ4v) is 2.37. The fourth-order valence-electron chi connectivity index (χ4n) is 2.37. The number of ether oxygens (including phenoxy) is 1. The normalized spacial score (nSPS) is 21.5. The van der Waals surface area contributed by atoms with Crippen LogP contribution in [0.1, 0.15) is 12.8 Å². The number of carbonyl (C=O) groups is 2. The second kappa shape index (κ2) is 6.15. The second-order valence-electron chi connectivity index (χ2n) is 4.96. The van der Waals surface area contributed by atoms with Crippen molar-refractivity contribution in [2.75, 3.05) is 39.9 Å². The first-order chi connectivity index (χ1) is 8.70. The third-order valence-corrected chi connectivity index (χ3v) is 3.58. The standard InChI is InChI=1S/C12H21N3O3/c1-18-8-11(16)14-10-2-4-15(5-3-10)12(17)9-6-13-7-9/h9-10,13H,2-8H2,1H3,(H,14,16). The van der Waals surface area contributed by atoms with Crippen molar-refractivity contribution >= 4 is 11.8 Å². The van der Waals surface area contributed by atoms with E-state index in [0.717, 1.165) is 39.0 Å². The molecule has 0 radical (unpaired) electrons. The van der Waals surface area contributed by atoms with Crippen molar-refractivity contribution in [3.8, 4) is 0 Å². The Morgan fingerprint density at radius 2 is 2.00 bits per heavy atom. The molecule has 0 saturated carbocycles. The van der Waals surface area contributed by atoms with Crippen LogP contribution in [-0.2, 0) is 14.3 Å². The van der Waals surface area contributed by atoms with E-state index in [2.05, 4.69) is 10.6 Å². The molecule has 0 spiro atoms. The zero-order valence-corrected chi connectivity index (χ0v) is 10.8. The molecule has 18 heavy (non-hydrogen) atoms. The Hall–Kier alpha value is -1.14. The average Bonchev–Trinajstić information content (AvgIpc) is 2.27. The molecule has 2 fully saturated rings. The van der Waals surface area contributed by atoms with Gasteiger partial charge in [-0.05, 0) is 12.8 Å². The van der Waals surface area contributed by atoms with Crippen LogP contribution in [0.25, 0.3) is 0 Å². The van der Waals surface area contributed by atoms with Crippen molar-refractivity contribution in [2.45, 2.75) is 18.9 Å². The van der Waals surface area contributed by atoms with Crippen molar-refractivity contribution in [3.05, 3.63) is 0 Å². The van der Waals surface area contributed by atoms with Crippen LogP contribution in [0.2, 0.25) is 0 Å². The van der Waals surface area contributed by atoms with E-state index in [4.69, 9.17) is 4.74 Å². The molecule has 0 unspecified atom stereocenters. The van der Waals surface area contributed by atoms with Crippen LogP contribution >= 0.6 is 0 Å². The lowest BCUT2D eigenvalue weighted by Gasteiger charge is -2.37. The van der Waals surface area contributed by atoms with Gasteiger partial charge in [-0.15, -0.1) is 0 Å². The molecule has 2 aliphatic heterocycles. The molecule has 2 rings (SSSR count). The minimum atomic E-state index is -0.0783. The lowest BCUT2D eigenvalue weighted by molar-refractivity contribution is -0.138. The first-order valence-electron chi connectivity index (χ1n) is 6.48. The number of carbonyl (C=O) groups excluding carboxylic acids is 2. The molecule has 0 aromatic heterocycles. The Morgan fingerprint density at radius 3 is 2.50 bits per heavy atom. The maximum Gasteiger partial charge on any atom is 0.246 e. The highest BCUT2D eigenvalue weighted by molar-refractivity contribution is 5.80. The minimum Gasteiger partial charge on any atom is -0.375 e. The number of hydrogen-bond donors (Lipinski definition) is 2. The van der Waals surface area contributed by atoms with E-state index in [1.54, 1.807) is 0 Å². The van der Waals surface area contributed by atoms with E-state index in [9.17, 15) is 9.59 Å². The summed E-state index contributed by atoms with van der Waals surface area (Å²) in [5.74, 6) is 0.352. The maximum atomic E-state index is 12.0. The van der Waals surface area contributed by atoms with Gasteiger partial charge in [-0.1, -0.05) is 0 Å². The molecule has 0 bridgehead atoms. The lowest BCUT2D eigenvalue weighted by Crippen LogP contribution is -2.55. The molecule has 102 valence electrons. The van der Waals surface area contributed by atoms with Crippen molar-refractivity contribution in [3.63, 3.8) is 0 Å². The van der Waals surface area contributed by atoms with Crippen LogP contribution < -0.4 is 10.6 Å². The van der Waals surface area contributed by atoms with Gasteiger partial charge in [-0.3, -0.25) is 9.59 Å². The van der Waals surface area contributed by atoms with Crippen LogP contribution in [0.4, 0.5) is 0 Å². The van der Waals surface area contributed by atoms with Crippen molar-refractivity contribution in [2.24, 2.45) is 5.92 Å². The van der Waals surface area contributed by atoms with Crippen molar-refractivity contribution < 1.29 is 14.3 Å². The van der Waals surface area contributed by atoms with Gasteiger partial charge in [-0.25, -0.2) is 0 Å². The van der Waals surface area contributed by atoms with Crippen molar-refractivity contribution in [1.82, 2.24) is 15.5 Å². The monoisotopic (exact) mass is 255 g/mol. The van der Waals surface area contributed by atoms with E-state index in [-0.39, 0.29) is 30.4 Å². The van der Waals surface area contributed by atoms with Gasteiger partial charge in [0.15, 0.2) is 0 Å². The molecule has 2 aliphatic rings. The molecular weight excluding hydrogens is 234 g/mol. The number of piperidine rings is 1. The molecule has 2 amide bonds. The lowest BCUT2D eigenvalue weighted by atomic mass is 9.98. The molecule has 6 heteroatoms.